The van der Waals surface area contributed by atoms with Crippen LogP contribution in [0.2, 0.25) is 0 Å². The molecule has 7 nitrogen and oxygen atoms in total. The Kier molecular flexibility index (Phi) is 4.30. The SMILES string of the molecule is Nc1nn2ccc(N3C[C@@H](F)C[C@@H]3c3cc(F)ccc3F)nc2c1C(=O)NC1CC1. The van der Waals surface area contributed by atoms with Gasteiger partial charge in [-0.05, 0) is 37.1 Å². The van der Waals surface area contributed by atoms with Crippen LogP contribution in [0.5, 0.6) is 0 Å². The molecule has 0 spiro atoms. The maximum Gasteiger partial charge on any atom is 0.259 e. The summed E-state index contributed by atoms with van der Waals surface area (Å²) in [5, 5.41) is 6.97. The van der Waals surface area contributed by atoms with E-state index in [1.165, 1.54) is 4.52 Å². The molecule has 1 saturated carbocycles. The van der Waals surface area contributed by atoms with E-state index in [0.29, 0.717) is 5.82 Å². The molecule has 1 amide bonds. The fourth-order valence-corrected chi connectivity index (χ4v) is 3.90. The smallest absolute Gasteiger partial charge is 0.259 e. The van der Waals surface area contributed by atoms with E-state index >= 15 is 0 Å². The summed E-state index contributed by atoms with van der Waals surface area (Å²) in [6.07, 6.45) is 2.16. The third kappa shape index (κ3) is 3.21. The first-order valence-corrected chi connectivity index (χ1v) is 9.72. The maximum absolute atomic E-state index is 14.4. The minimum atomic E-state index is -1.23. The highest BCUT2D eigenvalue weighted by atomic mass is 19.1. The van der Waals surface area contributed by atoms with Gasteiger partial charge < -0.3 is 16.0 Å². The Balaban J connectivity index is 1.55. The fraction of sp³-hybridized carbons (Fsp3) is 0.350. The number of nitrogens with two attached hydrogens (primary N) is 1. The molecular weight excluding hydrogens is 397 g/mol. The van der Waals surface area contributed by atoms with Crippen molar-refractivity contribution in [2.75, 3.05) is 17.2 Å². The molecule has 3 aromatic rings. The van der Waals surface area contributed by atoms with Crippen molar-refractivity contribution in [3.63, 3.8) is 0 Å². The van der Waals surface area contributed by atoms with Gasteiger partial charge in [0.05, 0.1) is 12.6 Å². The van der Waals surface area contributed by atoms with Crippen LogP contribution in [0.25, 0.3) is 5.65 Å². The first-order chi connectivity index (χ1) is 14.4. The second kappa shape index (κ2) is 6.89. The van der Waals surface area contributed by atoms with Gasteiger partial charge in [0.15, 0.2) is 11.5 Å². The summed E-state index contributed by atoms with van der Waals surface area (Å²) >= 11 is 0. The highest BCUT2D eigenvalue weighted by Crippen LogP contribution is 2.38. The molecule has 10 heteroatoms. The van der Waals surface area contributed by atoms with E-state index in [0.717, 1.165) is 31.0 Å². The summed E-state index contributed by atoms with van der Waals surface area (Å²) in [4.78, 5) is 18.7. The van der Waals surface area contributed by atoms with E-state index in [2.05, 4.69) is 15.4 Å². The third-order valence-electron chi connectivity index (χ3n) is 5.50. The number of amides is 1. The first-order valence-electron chi connectivity index (χ1n) is 9.72. The number of hydrogen-bond donors (Lipinski definition) is 2. The standard InChI is InChI=1S/C20H19F3N6O/c21-10-1-4-14(23)13(7-10)15-8-11(22)9-28(15)16-5-6-29-19(26-16)17(18(24)27-29)20(30)25-12-2-3-12/h1,4-7,11-12,15H,2-3,8-9H2,(H2,24,27)(H,25,30)/t11-,15+/m0/s1. The van der Waals surface area contributed by atoms with Crippen LogP contribution in [-0.2, 0) is 0 Å². The molecule has 2 atom stereocenters. The lowest BCUT2D eigenvalue weighted by atomic mass is 10.0. The molecule has 1 aromatic carbocycles. The second-order valence-corrected chi connectivity index (χ2v) is 7.73. The molecule has 2 aromatic heterocycles. The predicted octanol–water partition coefficient (Wildman–Crippen LogP) is 2.77. The van der Waals surface area contributed by atoms with E-state index in [1.807, 2.05) is 0 Å². The van der Waals surface area contributed by atoms with Crippen LogP contribution in [0.1, 0.15) is 41.2 Å². The largest absolute Gasteiger partial charge is 0.381 e. The number of fused-ring (bicyclic) bond motifs is 1. The molecule has 5 rings (SSSR count). The Morgan fingerprint density at radius 1 is 1.23 bits per heavy atom. The van der Waals surface area contributed by atoms with E-state index in [9.17, 15) is 18.0 Å². The Bertz CT molecular complexity index is 1150. The number of aromatic nitrogens is 3. The van der Waals surface area contributed by atoms with Crippen molar-refractivity contribution in [3.05, 3.63) is 53.2 Å². The van der Waals surface area contributed by atoms with Gasteiger partial charge in [-0.2, -0.15) is 0 Å². The number of carbonyl (C=O) groups excluding carboxylic acids is 1. The van der Waals surface area contributed by atoms with Crippen molar-refractivity contribution in [1.82, 2.24) is 19.9 Å². The normalized spacial score (nSPS) is 21.4. The molecule has 1 aliphatic heterocycles. The van der Waals surface area contributed by atoms with Crippen LogP contribution >= 0.6 is 0 Å². The zero-order chi connectivity index (χ0) is 21.0. The van der Waals surface area contributed by atoms with Gasteiger partial charge in [-0.3, -0.25) is 4.79 Å². The molecule has 0 radical (unpaired) electrons. The Morgan fingerprint density at radius 3 is 2.80 bits per heavy atom. The number of nitrogens with one attached hydrogen (secondary N) is 1. The van der Waals surface area contributed by atoms with Gasteiger partial charge in [-0.25, -0.2) is 22.7 Å². The Morgan fingerprint density at radius 2 is 2.03 bits per heavy atom. The first kappa shape index (κ1) is 18.7. The number of hydrogen-bond acceptors (Lipinski definition) is 5. The van der Waals surface area contributed by atoms with Gasteiger partial charge in [0.25, 0.3) is 5.91 Å². The quantitative estimate of drug-likeness (QED) is 0.683. The van der Waals surface area contributed by atoms with Gasteiger partial charge in [0.1, 0.15) is 29.2 Å². The second-order valence-electron chi connectivity index (χ2n) is 7.73. The number of nitrogen functional groups attached to an aromatic ring is 1. The number of nitrogens with zero attached hydrogens (tertiary/aromatic N) is 4. The minimum absolute atomic E-state index is 0.00363. The zero-order valence-corrected chi connectivity index (χ0v) is 15.9. The fourth-order valence-electron chi connectivity index (χ4n) is 3.90. The summed E-state index contributed by atoms with van der Waals surface area (Å²) in [6.45, 7) is -0.0307. The number of rotatable bonds is 4. The third-order valence-corrected chi connectivity index (χ3v) is 5.50. The van der Waals surface area contributed by atoms with Crippen LogP contribution in [0.4, 0.5) is 24.8 Å². The average Bonchev–Trinajstić information content (AvgIpc) is 3.33. The van der Waals surface area contributed by atoms with Crippen LogP contribution in [0.3, 0.4) is 0 Å². The Hall–Kier alpha value is -3.30. The predicted molar refractivity (Wildman–Crippen MR) is 104 cm³/mol. The molecule has 156 valence electrons. The van der Waals surface area contributed by atoms with Crippen LogP contribution < -0.4 is 16.0 Å². The van der Waals surface area contributed by atoms with Crippen LogP contribution in [0.15, 0.2) is 30.5 Å². The van der Waals surface area contributed by atoms with Crippen molar-refractivity contribution in [1.29, 1.82) is 0 Å². The Labute approximate surface area is 169 Å². The summed E-state index contributed by atoms with van der Waals surface area (Å²) in [5.41, 5.74) is 6.37. The van der Waals surface area contributed by atoms with Gasteiger partial charge in [0.2, 0.25) is 0 Å². The summed E-state index contributed by atoms with van der Waals surface area (Å²) in [5.74, 6) is -1.21. The topological polar surface area (TPSA) is 88.5 Å². The molecule has 2 aliphatic rings. The molecule has 1 saturated heterocycles. The van der Waals surface area contributed by atoms with Crippen molar-refractivity contribution < 1.29 is 18.0 Å². The van der Waals surface area contributed by atoms with Crippen molar-refractivity contribution >= 4 is 23.2 Å². The van der Waals surface area contributed by atoms with Crippen molar-refractivity contribution in [3.8, 4) is 0 Å². The summed E-state index contributed by atoms with van der Waals surface area (Å²) in [7, 11) is 0. The van der Waals surface area contributed by atoms with E-state index in [4.69, 9.17) is 5.73 Å². The summed E-state index contributed by atoms with van der Waals surface area (Å²) < 4.78 is 43.8. The lowest BCUT2D eigenvalue weighted by Gasteiger charge is -2.26. The minimum Gasteiger partial charge on any atom is -0.381 e. The van der Waals surface area contributed by atoms with Crippen molar-refractivity contribution in [2.24, 2.45) is 0 Å². The molecule has 30 heavy (non-hydrogen) atoms. The van der Waals surface area contributed by atoms with E-state index in [-0.39, 0.29) is 47.5 Å². The number of carbonyl (C=O) groups is 1. The highest BCUT2D eigenvalue weighted by Gasteiger charge is 2.36. The molecule has 3 N–H and O–H groups in total. The molecule has 0 bridgehead atoms. The number of alkyl halides is 1. The summed E-state index contributed by atoms with van der Waals surface area (Å²) in [6, 6.07) is 4.12. The van der Waals surface area contributed by atoms with Crippen molar-refractivity contribution in [2.45, 2.75) is 37.5 Å². The zero-order valence-electron chi connectivity index (χ0n) is 15.9. The van der Waals surface area contributed by atoms with Crippen LogP contribution in [-0.4, -0.2) is 39.3 Å². The molecule has 1 aliphatic carbocycles. The molecule has 0 unspecified atom stereocenters. The van der Waals surface area contributed by atoms with E-state index < -0.39 is 23.8 Å². The lowest BCUT2D eigenvalue weighted by molar-refractivity contribution is 0.0953. The van der Waals surface area contributed by atoms with Gasteiger partial charge in [-0.15, -0.1) is 5.10 Å². The molecular formula is C20H19F3N6O. The maximum atomic E-state index is 14.4. The van der Waals surface area contributed by atoms with Crippen LogP contribution in [0, 0.1) is 11.6 Å². The number of anilines is 2. The van der Waals surface area contributed by atoms with Gasteiger partial charge in [0, 0.05) is 24.2 Å². The number of benzene rings is 1. The molecule has 2 fully saturated rings. The lowest BCUT2D eigenvalue weighted by Crippen LogP contribution is -2.27. The van der Waals surface area contributed by atoms with Gasteiger partial charge >= 0.3 is 0 Å². The van der Waals surface area contributed by atoms with Gasteiger partial charge in [-0.1, -0.05) is 0 Å². The average molecular weight is 416 g/mol. The monoisotopic (exact) mass is 416 g/mol. The van der Waals surface area contributed by atoms with E-state index in [1.54, 1.807) is 17.2 Å². The number of halogens is 3. The molecule has 3 heterocycles. The highest BCUT2D eigenvalue weighted by molar-refractivity contribution is 6.04.